The molecule has 26 heavy (non-hydrogen) atoms. The highest BCUT2D eigenvalue weighted by atomic mass is 35.5. The first kappa shape index (κ1) is 18.7. The highest BCUT2D eigenvalue weighted by molar-refractivity contribution is 6.31. The number of nitrogens with one attached hydrogen (secondary N) is 2. The number of imide groups is 1. The zero-order chi connectivity index (χ0) is 18.7. The summed E-state index contributed by atoms with van der Waals surface area (Å²) in [4.78, 5) is 37.0. The Morgan fingerprint density at radius 1 is 1.31 bits per heavy atom. The van der Waals surface area contributed by atoms with Gasteiger partial charge in [-0.1, -0.05) is 49.1 Å². The summed E-state index contributed by atoms with van der Waals surface area (Å²) in [7, 11) is 0. The van der Waals surface area contributed by atoms with Gasteiger partial charge in [0, 0.05) is 10.6 Å². The number of quaternary nitrogens is 1. The summed E-state index contributed by atoms with van der Waals surface area (Å²) in [6, 6.07) is 6.88. The predicted molar refractivity (Wildman–Crippen MR) is 96.0 cm³/mol. The van der Waals surface area contributed by atoms with Crippen LogP contribution in [0.15, 0.2) is 24.3 Å². The van der Waals surface area contributed by atoms with Crippen molar-refractivity contribution in [2.75, 3.05) is 6.54 Å². The van der Waals surface area contributed by atoms with Gasteiger partial charge < -0.3 is 10.6 Å². The lowest BCUT2D eigenvalue weighted by Crippen LogP contribution is -2.87. The van der Waals surface area contributed by atoms with Crippen molar-refractivity contribution in [3.8, 4) is 0 Å². The van der Waals surface area contributed by atoms with Crippen LogP contribution in [-0.4, -0.2) is 34.9 Å². The van der Waals surface area contributed by atoms with E-state index in [9.17, 15) is 14.4 Å². The molecule has 0 aromatic heterocycles. The predicted octanol–water partition coefficient (Wildman–Crippen LogP) is 1.25. The number of carbonyl (C=O) groups excluding carboxylic acids is 3. The summed E-state index contributed by atoms with van der Waals surface area (Å²) >= 11 is 6.17. The molecule has 1 aliphatic heterocycles. The van der Waals surface area contributed by atoms with Crippen molar-refractivity contribution < 1.29 is 19.7 Å². The number of halogens is 1. The zero-order valence-corrected chi connectivity index (χ0v) is 15.5. The fourth-order valence-corrected chi connectivity index (χ4v) is 3.95. The maximum absolute atomic E-state index is 12.6. The molecule has 140 valence electrons. The molecule has 0 radical (unpaired) electrons. The standard InChI is InChI=1S/C18H23ClN4O3/c1-12(13-7-3-4-8-14(13)19)20-11-15(24)22-23-16(25)18(21-17(23)26)9-5-2-6-10-18/h3-4,7-8,12,20H,2,5-6,9-11H2,1H3,(H,21,26)(H,22,24)/p+1/t12-/m1/s1. The summed E-state index contributed by atoms with van der Waals surface area (Å²) in [5, 5.41) is 6.06. The van der Waals surface area contributed by atoms with E-state index < -0.39 is 17.5 Å². The zero-order valence-electron chi connectivity index (χ0n) is 14.8. The van der Waals surface area contributed by atoms with Crippen LogP contribution in [0.1, 0.15) is 50.6 Å². The van der Waals surface area contributed by atoms with Crippen LogP contribution in [0, 0.1) is 0 Å². The van der Waals surface area contributed by atoms with Crippen molar-refractivity contribution in [3.05, 3.63) is 34.9 Å². The van der Waals surface area contributed by atoms with E-state index in [1.54, 1.807) is 6.07 Å². The average molecular weight is 380 g/mol. The first-order valence-corrected chi connectivity index (χ1v) is 9.35. The van der Waals surface area contributed by atoms with Crippen molar-refractivity contribution in [2.45, 2.75) is 50.6 Å². The third-order valence-corrected chi connectivity index (χ3v) is 5.50. The highest BCUT2D eigenvalue weighted by Crippen LogP contribution is 2.32. The van der Waals surface area contributed by atoms with Crippen molar-refractivity contribution in [1.82, 2.24) is 15.8 Å². The lowest BCUT2D eigenvalue weighted by molar-refractivity contribution is -0.682. The van der Waals surface area contributed by atoms with Gasteiger partial charge in [-0.05, 0) is 25.8 Å². The third kappa shape index (κ3) is 3.68. The Hall–Kier alpha value is -2.12. The molecule has 1 aromatic rings. The van der Waals surface area contributed by atoms with Crippen LogP contribution in [0.2, 0.25) is 5.02 Å². The molecule has 8 heteroatoms. The fraction of sp³-hybridized carbons (Fsp3) is 0.500. The van der Waals surface area contributed by atoms with Crippen LogP contribution >= 0.6 is 11.6 Å². The molecule has 1 atom stereocenters. The van der Waals surface area contributed by atoms with E-state index in [-0.39, 0.29) is 18.5 Å². The molecule has 4 amide bonds. The number of amides is 4. The summed E-state index contributed by atoms with van der Waals surface area (Å²) < 4.78 is 0. The number of hydrogen-bond donors (Lipinski definition) is 3. The van der Waals surface area contributed by atoms with Crippen LogP contribution in [0.5, 0.6) is 0 Å². The molecule has 4 N–H and O–H groups in total. The van der Waals surface area contributed by atoms with E-state index >= 15 is 0 Å². The van der Waals surface area contributed by atoms with Gasteiger partial charge in [0.25, 0.3) is 11.8 Å². The lowest BCUT2D eigenvalue weighted by Gasteiger charge is -2.30. The molecule has 2 fully saturated rings. The maximum atomic E-state index is 12.6. The van der Waals surface area contributed by atoms with E-state index in [0.29, 0.717) is 17.9 Å². The molecule has 3 rings (SSSR count). The van der Waals surface area contributed by atoms with Crippen LogP contribution in [-0.2, 0) is 9.59 Å². The molecule has 1 aliphatic carbocycles. The average Bonchev–Trinajstić information content (AvgIpc) is 2.85. The molecule has 7 nitrogen and oxygen atoms in total. The number of carbonyl (C=O) groups is 3. The Morgan fingerprint density at radius 3 is 2.69 bits per heavy atom. The molecule has 1 aromatic carbocycles. The van der Waals surface area contributed by atoms with Crippen LogP contribution in [0.3, 0.4) is 0 Å². The van der Waals surface area contributed by atoms with E-state index in [2.05, 4.69) is 10.7 Å². The minimum atomic E-state index is -0.836. The maximum Gasteiger partial charge on any atom is 0.344 e. The molecule has 1 saturated carbocycles. The molecule has 1 heterocycles. The number of hydrogen-bond acceptors (Lipinski definition) is 3. The number of rotatable bonds is 5. The second-order valence-corrected chi connectivity index (χ2v) is 7.41. The van der Waals surface area contributed by atoms with Crippen LogP contribution in [0.4, 0.5) is 4.79 Å². The minimum absolute atomic E-state index is 0.0257. The van der Waals surface area contributed by atoms with Gasteiger partial charge in [-0.15, -0.1) is 0 Å². The molecular weight excluding hydrogens is 356 g/mol. The quantitative estimate of drug-likeness (QED) is 0.672. The topological polar surface area (TPSA) is 95.1 Å². The number of nitrogens with two attached hydrogens (primary N) is 1. The van der Waals surface area contributed by atoms with Gasteiger partial charge in [-0.2, -0.15) is 5.01 Å². The number of benzene rings is 1. The minimum Gasteiger partial charge on any atom is -0.332 e. The van der Waals surface area contributed by atoms with E-state index in [0.717, 1.165) is 29.8 Å². The monoisotopic (exact) mass is 379 g/mol. The van der Waals surface area contributed by atoms with Crippen LogP contribution < -0.4 is 16.1 Å². The first-order chi connectivity index (χ1) is 12.4. The van der Waals surface area contributed by atoms with Gasteiger partial charge in [0.05, 0.1) is 0 Å². The smallest absolute Gasteiger partial charge is 0.332 e. The van der Waals surface area contributed by atoms with Crippen molar-refractivity contribution in [3.63, 3.8) is 0 Å². The van der Waals surface area contributed by atoms with Gasteiger partial charge in [-0.3, -0.25) is 15.0 Å². The molecule has 0 bridgehead atoms. The molecule has 1 saturated heterocycles. The van der Waals surface area contributed by atoms with E-state index in [1.807, 2.05) is 30.4 Å². The van der Waals surface area contributed by atoms with Gasteiger partial charge in [-0.25, -0.2) is 4.79 Å². The van der Waals surface area contributed by atoms with Crippen molar-refractivity contribution in [2.24, 2.45) is 0 Å². The normalized spacial score (nSPS) is 20.2. The third-order valence-electron chi connectivity index (χ3n) is 5.16. The first-order valence-electron chi connectivity index (χ1n) is 8.97. The molecule has 1 spiro atoms. The Morgan fingerprint density at radius 2 is 2.00 bits per heavy atom. The van der Waals surface area contributed by atoms with Crippen LogP contribution in [0.25, 0.3) is 0 Å². The van der Waals surface area contributed by atoms with Gasteiger partial charge in [0.15, 0.2) is 6.54 Å². The molecule has 0 unspecified atom stereocenters. The van der Waals surface area contributed by atoms with E-state index in [1.165, 1.54) is 0 Å². The number of nitrogens with zero attached hydrogens (tertiary/aromatic N) is 1. The number of hydrazine groups is 1. The van der Waals surface area contributed by atoms with E-state index in [4.69, 9.17) is 11.6 Å². The van der Waals surface area contributed by atoms with Gasteiger partial charge >= 0.3 is 6.03 Å². The molecule has 2 aliphatic rings. The SMILES string of the molecule is C[C@@H]([NH2+]CC(=O)NN1C(=O)NC2(CCCCC2)C1=O)c1ccccc1Cl. The second-order valence-electron chi connectivity index (χ2n) is 7.00. The summed E-state index contributed by atoms with van der Waals surface area (Å²) in [6.07, 6.45) is 4.11. The van der Waals surface area contributed by atoms with Gasteiger partial charge in [0.1, 0.15) is 11.6 Å². The highest BCUT2D eigenvalue weighted by Gasteiger charge is 2.52. The summed E-state index contributed by atoms with van der Waals surface area (Å²) in [5.41, 5.74) is 2.53. The fourth-order valence-electron chi connectivity index (χ4n) is 3.64. The Labute approximate surface area is 157 Å². The largest absolute Gasteiger partial charge is 0.344 e. The molecular formula is C18H24ClN4O3+. The summed E-state index contributed by atoms with van der Waals surface area (Å²) in [5.74, 6) is -0.755. The van der Waals surface area contributed by atoms with Crippen molar-refractivity contribution in [1.29, 1.82) is 0 Å². The Balaban J connectivity index is 1.56. The second kappa shape index (κ2) is 7.63. The summed E-state index contributed by atoms with van der Waals surface area (Å²) in [6.45, 7) is 2.02. The Kier molecular flexibility index (Phi) is 5.48. The lowest BCUT2D eigenvalue weighted by atomic mass is 9.82. The van der Waals surface area contributed by atoms with Crippen molar-refractivity contribution >= 4 is 29.4 Å². The van der Waals surface area contributed by atoms with Gasteiger partial charge in [0.2, 0.25) is 0 Å². The number of urea groups is 1. The Bertz CT molecular complexity index is 718.